The van der Waals surface area contributed by atoms with E-state index in [0.29, 0.717) is 22.0 Å². The van der Waals surface area contributed by atoms with Crippen molar-refractivity contribution in [1.29, 1.82) is 5.26 Å². The predicted octanol–water partition coefficient (Wildman–Crippen LogP) is 4.14. The van der Waals surface area contributed by atoms with Crippen molar-refractivity contribution in [1.82, 2.24) is 10.2 Å². The minimum absolute atomic E-state index is 0.133. The number of carbonyl (C=O) groups excluding carboxylic acids is 1. The summed E-state index contributed by atoms with van der Waals surface area (Å²) in [6, 6.07) is 16.6. The van der Waals surface area contributed by atoms with Crippen LogP contribution in [0.1, 0.15) is 42.1 Å². The second-order valence-electron chi connectivity index (χ2n) is 10.0. The number of hydrogen-bond acceptors (Lipinski definition) is 5. The van der Waals surface area contributed by atoms with Gasteiger partial charge in [0, 0.05) is 68.8 Å². The Hall–Kier alpha value is -2.75. The summed E-state index contributed by atoms with van der Waals surface area (Å²) in [5, 5.41) is 13.0. The molecule has 0 radical (unpaired) electrons. The van der Waals surface area contributed by atoms with E-state index in [0.717, 1.165) is 69.9 Å². The third kappa shape index (κ3) is 4.47. The molecule has 178 valence electrons. The van der Waals surface area contributed by atoms with Crippen molar-refractivity contribution in [3.63, 3.8) is 0 Å². The lowest BCUT2D eigenvalue weighted by Gasteiger charge is -2.40. The van der Waals surface area contributed by atoms with E-state index in [-0.39, 0.29) is 5.91 Å². The summed E-state index contributed by atoms with van der Waals surface area (Å²) in [5.74, 6) is 0.133. The average Bonchev–Trinajstić information content (AvgIpc) is 3.20. The van der Waals surface area contributed by atoms with Crippen LogP contribution in [0.25, 0.3) is 0 Å². The van der Waals surface area contributed by atoms with Gasteiger partial charge in [0.2, 0.25) is 0 Å². The van der Waals surface area contributed by atoms with Gasteiger partial charge in [-0.15, -0.1) is 0 Å². The van der Waals surface area contributed by atoms with Crippen LogP contribution >= 0.6 is 11.6 Å². The van der Waals surface area contributed by atoms with Crippen molar-refractivity contribution in [2.45, 2.75) is 32.2 Å². The van der Waals surface area contributed by atoms with E-state index in [1.807, 2.05) is 35.2 Å². The van der Waals surface area contributed by atoms with Crippen LogP contribution in [0.2, 0.25) is 5.02 Å². The molecule has 2 aromatic rings. The zero-order chi connectivity index (χ0) is 23.7. The predicted molar refractivity (Wildman–Crippen MR) is 137 cm³/mol. The molecule has 2 aromatic carbocycles. The Kier molecular flexibility index (Phi) is 6.42. The van der Waals surface area contributed by atoms with E-state index in [4.69, 9.17) is 11.6 Å². The molecule has 3 saturated heterocycles. The SMILES string of the molecule is CC1CC2(CCN(c3ccc(C(=O)N4CCNCC4)cc3)CC2)CN1c1ccc(C#N)c(Cl)c1. The normalized spacial score (nSPS) is 22.1. The molecule has 1 spiro atoms. The van der Waals surface area contributed by atoms with E-state index >= 15 is 0 Å². The molecule has 1 amide bonds. The maximum atomic E-state index is 12.7. The molecule has 3 aliphatic heterocycles. The first kappa shape index (κ1) is 23.0. The van der Waals surface area contributed by atoms with Crippen LogP contribution in [0, 0.1) is 16.7 Å². The Bertz CT molecular complexity index is 1080. The fourth-order valence-corrected chi connectivity index (χ4v) is 6.12. The first-order valence-electron chi connectivity index (χ1n) is 12.3. The molecular weight excluding hydrogens is 446 g/mol. The number of piperidine rings is 1. The van der Waals surface area contributed by atoms with E-state index in [1.165, 1.54) is 12.1 Å². The number of nitriles is 1. The summed E-state index contributed by atoms with van der Waals surface area (Å²) in [6.45, 7) is 8.67. The van der Waals surface area contributed by atoms with Crippen LogP contribution in [-0.4, -0.2) is 62.7 Å². The molecule has 34 heavy (non-hydrogen) atoms. The average molecular weight is 478 g/mol. The number of nitrogens with one attached hydrogen (secondary N) is 1. The molecule has 6 nitrogen and oxygen atoms in total. The molecule has 3 aliphatic rings. The highest BCUT2D eigenvalue weighted by Crippen LogP contribution is 2.45. The monoisotopic (exact) mass is 477 g/mol. The third-order valence-electron chi connectivity index (χ3n) is 7.88. The first-order valence-corrected chi connectivity index (χ1v) is 12.7. The van der Waals surface area contributed by atoms with Crippen LogP contribution in [0.3, 0.4) is 0 Å². The van der Waals surface area contributed by atoms with Crippen molar-refractivity contribution in [3.8, 4) is 6.07 Å². The summed E-state index contributed by atoms with van der Waals surface area (Å²) in [4.78, 5) is 19.6. The molecule has 1 unspecified atom stereocenters. The van der Waals surface area contributed by atoms with Crippen molar-refractivity contribution >= 4 is 28.9 Å². The van der Waals surface area contributed by atoms with Crippen molar-refractivity contribution in [3.05, 3.63) is 58.6 Å². The summed E-state index contributed by atoms with van der Waals surface area (Å²) in [5.41, 5.74) is 3.93. The van der Waals surface area contributed by atoms with Gasteiger partial charge in [0.15, 0.2) is 0 Å². The Balaban J connectivity index is 1.21. The molecule has 0 bridgehead atoms. The second kappa shape index (κ2) is 9.48. The number of carbonyl (C=O) groups is 1. The van der Waals surface area contributed by atoms with Gasteiger partial charge in [0.25, 0.3) is 5.91 Å². The minimum atomic E-state index is 0.133. The number of halogens is 1. The van der Waals surface area contributed by atoms with Gasteiger partial charge in [-0.05, 0) is 74.1 Å². The Morgan fingerprint density at radius 1 is 1.06 bits per heavy atom. The number of piperazine rings is 1. The summed E-state index contributed by atoms with van der Waals surface area (Å²) >= 11 is 6.31. The highest BCUT2D eigenvalue weighted by Gasteiger charge is 2.44. The highest BCUT2D eigenvalue weighted by atomic mass is 35.5. The van der Waals surface area contributed by atoms with Gasteiger partial charge in [-0.1, -0.05) is 11.6 Å². The van der Waals surface area contributed by atoms with Crippen LogP contribution in [-0.2, 0) is 0 Å². The lowest BCUT2D eigenvalue weighted by Crippen LogP contribution is -2.46. The van der Waals surface area contributed by atoms with Gasteiger partial charge in [-0.3, -0.25) is 4.79 Å². The molecular formula is C27H32ClN5O. The highest BCUT2D eigenvalue weighted by molar-refractivity contribution is 6.32. The van der Waals surface area contributed by atoms with E-state index in [1.54, 1.807) is 0 Å². The molecule has 1 atom stereocenters. The van der Waals surface area contributed by atoms with Gasteiger partial charge >= 0.3 is 0 Å². The molecule has 0 aliphatic carbocycles. The Morgan fingerprint density at radius 3 is 2.38 bits per heavy atom. The maximum absolute atomic E-state index is 12.7. The zero-order valence-corrected chi connectivity index (χ0v) is 20.5. The number of amides is 1. The van der Waals surface area contributed by atoms with Crippen molar-refractivity contribution < 1.29 is 4.79 Å². The summed E-state index contributed by atoms with van der Waals surface area (Å²) in [7, 11) is 0. The number of nitrogens with zero attached hydrogens (tertiary/aromatic N) is 4. The van der Waals surface area contributed by atoms with Crippen molar-refractivity contribution in [2.75, 3.05) is 55.6 Å². The standard InChI is InChI=1S/C27H32ClN5O/c1-20-17-27(19-33(20)24-7-4-22(18-29)25(28)16-24)8-12-31(13-9-27)23-5-2-21(3-6-23)26(34)32-14-10-30-11-15-32/h2-7,16,20,30H,8-15,17,19H2,1H3. The van der Waals surface area contributed by atoms with Crippen LogP contribution < -0.4 is 15.1 Å². The zero-order valence-electron chi connectivity index (χ0n) is 19.8. The largest absolute Gasteiger partial charge is 0.371 e. The molecule has 0 aromatic heterocycles. The maximum Gasteiger partial charge on any atom is 0.253 e. The number of hydrogen-bond donors (Lipinski definition) is 1. The van der Waals surface area contributed by atoms with Gasteiger partial charge in [-0.25, -0.2) is 0 Å². The second-order valence-corrected chi connectivity index (χ2v) is 10.4. The summed E-state index contributed by atoms with van der Waals surface area (Å²) in [6.07, 6.45) is 3.48. The lowest BCUT2D eigenvalue weighted by atomic mass is 9.76. The van der Waals surface area contributed by atoms with Crippen molar-refractivity contribution in [2.24, 2.45) is 5.41 Å². The molecule has 3 fully saturated rings. The molecule has 5 rings (SSSR count). The Labute approximate surface area is 207 Å². The lowest BCUT2D eigenvalue weighted by molar-refractivity contribution is 0.0736. The van der Waals surface area contributed by atoms with Crippen LogP contribution in [0.15, 0.2) is 42.5 Å². The van der Waals surface area contributed by atoms with Gasteiger partial charge in [0.1, 0.15) is 6.07 Å². The topological polar surface area (TPSA) is 62.6 Å². The van der Waals surface area contributed by atoms with Gasteiger partial charge < -0.3 is 20.0 Å². The van der Waals surface area contributed by atoms with Gasteiger partial charge in [0.05, 0.1) is 10.6 Å². The van der Waals surface area contributed by atoms with E-state index in [9.17, 15) is 10.1 Å². The first-order chi connectivity index (χ1) is 16.5. The van der Waals surface area contributed by atoms with E-state index < -0.39 is 0 Å². The van der Waals surface area contributed by atoms with Gasteiger partial charge in [-0.2, -0.15) is 5.26 Å². The minimum Gasteiger partial charge on any atom is -0.371 e. The Morgan fingerprint density at radius 2 is 1.74 bits per heavy atom. The molecule has 7 heteroatoms. The number of rotatable bonds is 3. The smallest absolute Gasteiger partial charge is 0.253 e. The fraction of sp³-hybridized carbons (Fsp3) is 0.481. The fourth-order valence-electron chi connectivity index (χ4n) is 5.90. The third-order valence-corrected chi connectivity index (χ3v) is 8.19. The summed E-state index contributed by atoms with van der Waals surface area (Å²) < 4.78 is 0. The van der Waals surface area contributed by atoms with Crippen LogP contribution in [0.4, 0.5) is 11.4 Å². The molecule has 1 N–H and O–H groups in total. The molecule has 0 saturated carbocycles. The number of benzene rings is 2. The van der Waals surface area contributed by atoms with E-state index in [2.05, 4.69) is 40.2 Å². The molecule has 3 heterocycles. The van der Waals surface area contributed by atoms with Crippen LogP contribution in [0.5, 0.6) is 0 Å². The number of anilines is 2. The quantitative estimate of drug-likeness (QED) is 0.719.